The molecule has 0 saturated carbocycles. The summed E-state index contributed by atoms with van der Waals surface area (Å²) in [5.41, 5.74) is 5.13. The van der Waals surface area contributed by atoms with Gasteiger partial charge in [0.1, 0.15) is 0 Å². The van der Waals surface area contributed by atoms with E-state index in [0.717, 1.165) is 49.4 Å². The highest BCUT2D eigenvalue weighted by Gasteiger charge is 2.20. The average molecular weight is 686 g/mol. The lowest BCUT2D eigenvalue weighted by atomic mass is 9.86. The molecule has 0 aliphatic rings. The molecular formula is C51H31N3. The number of hydrogen-bond donors (Lipinski definition) is 0. The Morgan fingerprint density at radius 1 is 0.222 bits per heavy atom. The second kappa shape index (κ2) is 12.2. The number of nitrogens with zero attached hydrogens (tertiary/aromatic N) is 3. The first kappa shape index (κ1) is 30.4. The summed E-state index contributed by atoms with van der Waals surface area (Å²) >= 11 is 0. The van der Waals surface area contributed by atoms with E-state index in [4.69, 9.17) is 15.0 Å². The fourth-order valence-corrected chi connectivity index (χ4v) is 8.48. The Kier molecular flexibility index (Phi) is 6.86. The predicted octanol–water partition coefficient (Wildman–Crippen LogP) is 13.5. The number of fused-ring (bicyclic) bond motifs is 10. The Morgan fingerprint density at radius 2 is 0.574 bits per heavy atom. The van der Waals surface area contributed by atoms with Gasteiger partial charge < -0.3 is 0 Å². The molecule has 0 N–H and O–H groups in total. The van der Waals surface area contributed by atoms with Gasteiger partial charge in [-0.1, -0.05) is 182 Å². The molecule has 1 heterocycles. The van der Waals surface area contributed by atoms with Crippen molar-refractivity contribution in [2.75, 3.05) is 0 Å². The van der Waals surface area contributed by atoms with Gasteiger partial charge >= 0.3 is 0 Å². The molecule has 1 aromatic heterocycles. The van der Waals surface area contributed by atoms with Crippen LogP contribution < -0.4 is 0 Å². The van der Waals surface area contributed by atoms with Gasteiger partial charge in [0.2, 0.25) is 0 Å². The third-order valence-electron chi connectivity index (χ3n) is 10.9. The van der Waals surface area contributed by atoms with Crippen LogP contribution in [0.5, 0.6) is 0 Å². The molecule has 0 saturated heterocycles. The number of aromatic nitrogens is 3. The SMILES string of the molecule is c1ccc(-c2cc3c4ccccc4c4ccccc4c3c3ccccc23)c(-c2nc(-c3cccc4ccccc34)nc(-c3cccc4ccccc34)n2)c1. The molecule has 3 nitrogen and oxygen atoms in total. The van der Waals surface area contributed by atoms with Gasteiger partial charge in [-0.3, -0.25) is 0 Å². The molecule has 0 atom stereocenters. The molecular weight excluding hydrogens is 655 g/mol. The molecule has 250 valence electrons. The lowest BCUT2D eigenvalue weighted by molar-refractivity contribution is 1.08. The maximum absolute atomic E-state index is 5.33. The highest BCUT2D eigenvalue weighted by molar-refractivity contribution is 6.33. The van der Waals surface area contributed by atoms with Crippen LogP contribution >= 0.6 is 0 Å². The summed E-state index contributed by atoms with van der Waals surface area (Å²) in [5, 5.41) is 14.5. The Bertz CT molecular complexity index is 3180. The zero-order valence-electron chi connectivity index (χ0n) is 29.2. The maximum atomic E-state index is 5.33. The Hall–Kier alpha value is -7.23. The van der Waals surface area contributed by atoms with Crippen molar-refractivity contribution >= 4 is 64.6 Å². The van der Waals surface area contributed by atoms with Crippen molar-refractivity contribution in [1.29, 1.82) is 0 Å². The molecule has 54 heavy (non-hydrogen) atoms. The first-order valence-electron chi connectivity index (χ1n) is 18.4. The molecule has 11 rings (SSSR count). The Labute approximate surface area is 311 Å². The summed E-state index contributed by atoms with van der Waals surface area (Å²) in [7, 11) is 0. The molecule has 10 aromatic carbocycles. The molecule has 0 unspecified atom stereocenters. The second-order valence-corrected chi connectivity index (χ2v) is 13.9. The van der Waals surface area contributed by atoms with Crippen LogP contribution in [0.4, 0.5) is 0 Å². The van der Waals surface area contributed by atoms with Crippen molar-refractivity contribution in [3.8, 4) is 45.3 Å². The maximum Gasteiger partial charge on any atom is 0.164 e. The van der Waals surface area contributed by atoms with Crippen LogP contribution in [-0.4, -0.2) is 15.0 Å². The van der Waals surface area contributed by atoms with E-state index in [-0.39, 0.29) is 0 Å². The normalized spacial score (nSPS) is 11.7. The van der Waals surface area contributed by atoms with E-state index in [0.29, 0.717) is 17.5 Å². The van der Waals surface area contributed by atoms with Crippen molar-refractivity contribution in [3.63, 3.8) is 0 Å². The van der Waals surface area contributed by atoms with Gasteiger partial charge in [-0.25, -0.2) is 15.0 Å². The molecule has 0 radical (unpaired) electrons. The van der Waals surface area contributed by atoms with Crippen molar-refractivity contribution in [2.24, 2.45) is 0 Å². The molecule has 3 heteroatoms. The van der Waals surface area contributed by atoms with Crippen LogP contribution in [0.1, 0.15) is 0 Å². The van der Waals surface area contributed by atoms with Crippen LogP contribution in [0.15, 0.2) is 188 Å². The summed E-state index contributed by atoms with van der Waals surface area (Å²) in [4.78, 5) is 15.9. The molecule has 0 fully saturated rings. The first-order valence-corrected chi connectivity index (χ1v) is 18.4. The van der Waals surface area contributed by atoms with Gasteiger partial charge in [0.15, 0.2) is 17.5 Å². The predicted molar refractivity (Wildman–Crippen MR) is 227 cm³/mol. The Morgan fingerprint density at radius 3 is 1.15 bits per heavy atom. The van der Waals surface area contributed by atoms with Crippen LogP contribution in [0.25, 0.3) is 110 Å². The van der Waals surface area contributed by atoms with Gasteiger partial charge in [-0.15, -0.1) is 0 Å². The third-order valence-corrected chi connectivity index (χ3v) is 10.9. The van der Waals surface area contributed by atoms with E-state index in [9.17, 15) is 0 Å². The van der Waals surface area contributed by atoms with Crippen LogP contribution in [-0.2, 0) is 0 Å². The van der Waals surface area contributed by atoms with Gasteiger partial charge in [0.25, 0.3) is 0 Å². The lowest BCUT2D eigenvalue weighted by Gasteiger charge is -2.18. The quantitative estimate of drug-likeness (QED) is 0.173. The molecule has 0 spiro atoms. The van der Waals surface area contributed by atoms with Gasteiger partial charge in [0, 0.05) is 16.7 Å². The lowest BCUT2D eigenvalue weighted by Crippen LogP contribution is -2.02. The minimum absolute atomic E-state index is 0.638. The van der Waals surface area contributed by atoms with E-state index in [1.54, 1.807) is 0 Å². The standard InChI is InChI=1S/C51H31N3/c1-3-19-34-32(15-1)17-13-29-43(34)49-52-50(44-30-14-18-33-16-2-4-20-35(33)44)54-51(53-49)45-28-12-9-25-40(45)46-31-47-38-23-6-5-21-36(38)37-22-7-10-26-41(37)48(47)42-27-11-8-24-39(42)46/h1-31H. The minimum atomic E-state index is 0.638. The van der Waals surface area contributed by atoms with Crippen molar-refractivity contribution in [1.82, 2.24) is 15.0 Å². The van der Waals surface area contributed by atoms with Crippen molar-refractivity contribution in [2.45, 2.75) is 0 Å². The zero-order chi connectivity index (χ0) is 35.6. The van der Waals surface area contributed by atoms with E-state index in [2.05, 4.69) is 188 Å². The van der Waals surface area contributed by atoms with E-state index in [1.165, 1.54) is 43.1 Å². The molecule has 0 amide bonds. The summed E-state index contributed by atoms with van der Waals surface area (Å²) in [5.74, 6) is 1.93. The van der Waals surface area contributed by atoms with Crippen LogP contribution in [0.3, 0.4) is 0 Å². The minimum Gasteiger partial charge on any atom is -0.208 e. The summed E-state index contributed by atoms with van der Waals surface area (Å²) in [6, 6.07) is 66.9. The fraction of sp³-hybridized carbons (Fsp3) is 0. The molecule has 11 aromatic rings. The molecule has 0 bridgehead atoms. The number of rotatable bonds is 4. The Balaban J connectivity index is 1.23. The zero-order valence-corrected chi connectivity index (χ0v) is 29.2. The molecule has 0 aliphatic heterocycles. The second-order valence-electron chi connectivity index (χ2n) is 13.9. The molecule has 0 aliphatic carbocycles. The highest BCUT2D eigenvalue weighted by Crippen LogP contribution is 2.44. The largest absolute Gasteiger partial charge is 0.208 e. The third kappa shape index (κ3) is 4.72. The van der Waals surface area contributed by atoms with E-state index < -0.39 is 0 Å². The van der Waals surface area contributed by atoms with Gasteiger partial charge in [0.05, 0.1) is 0 Å². The topological polar surface area (TPSA) is 38.7 Å². The van der Waals surface area contributed by atoms with Crippen molar-refractivity contribution < 1.29 is 0 Å². The summed E-state index contributed by atoms with van der Waals surface area (Å²) < 4.78 is 0. The summed E-state index contributed by atoms with van der Waals surface area (Å²) in [6.45, 7) is 0. The smallest absolute Gasteiger partial charge is 0.164 e. The average Bonchev–Trinajstić information content (AvgIpc) is 3.25. The monoisotopic (exact) mass is 685 g/mol. The van der Waals surface area contributed by atoms with E-state index in [1.807, 2.05) is 0 Å². The number of hydrogen-bond acceptors (Lipinski definition) is 3. The van der Waals surface area contributed by atoms with Crippen molar-refractivity contribution in [3.05, 3.63) is 188 Å². The van der Waals surface area contributed by atoms with Gasteiger partial charge in [-0.2, -0.15) is 0 Å². The number of benzene rings is 10. The van der Waals surface area contributed by atoms with E-state index >= 15 is 0 Å². The van der Waals surface area contributed by atoms with Crippen LogP contribution in [0, 0.1) is 0 Å². The highest BCUT2D eigenvalue weighted by atomic mass is 15.0. The fourth-order valence-electron chi connectivity index (χ4n) is 8.48. The first-order chi connectivity index (χ1) is 26.8. The van der Waals surface area contributed by atoms with Crippen LogP contribution in [0.2, 0.25) is 0 Å². The van der Waals surface area contributed by atoms with Gasteiger partial charge in [-0.05, 0) is 81.8 Å². The summed E-state index contributed by atoms with van der Waals surface area (Å²) in [6.07, 6.45) is 0.